The average Bonchev–Trinajstić information content (AvgIpc) is 3.46. The van der Waals surface area contributed by atoms with Gasteiger partial charge in [0, 0.05) is 29.8 Å². The molecule has 9 nitrogen and oxygen atoms in total. The number of ether oxygens (including phenoxy) is 1. The monoisotopic (exact) mass is 513 g/mol. The molecule has 1 fully saturated rings. The van der Waals surface area contributed by atoms with E-state index in [0.717, 1.165) is 53.8 Å². The van der Waals surface area contributed by atoms with E-state index in [4.69, 9.17) is 21.3 Å². The number of methoxy groups -OCH3 is 1. The molecule has 0 spiro atoms. The smallest absolute Gasteiger partial charge is 0.414 e. The van der Waals surface area contributed by atoms with Crippen molar-refractivity contribution in [2.24, 2.45) is 5.92 Å². The van der Waals surface area contributed by atoms with Crippen LogP contribution in [0.1, 0.15) is 69.3 Å². The van der Waals surface area contributed by atoms with Gasteiger partial charge in [0.05, 0.1) is 36.3 Å². The number of carbonyl (C=O) groups is 2. The van der Waals surface area contributed by atoms with Gasteiger partial charge in [0.2, 0.25) is 0 Å². The lowest BCUT2D eigenvalue weighted by Gasteiger charge is -2.34. The highest BCUT2D eigenvalue weighted by atomic mass is 35.5. The number of aryl methyl sites for hydroxylation is 1. The molecule has 0 bridgehead atoms. The second kappa shape index (κ2) is 9.76. The van der Waals surface area contributed by atoms with E-state index in [2.05, 4.69) is 22.7 Å². The Hall–Kier alpha value is -3.07. The number of carboxylic acid groups (broad SMARTS) is 1. The first-order chi connectivity index (χ1) is 17.3. The maximum atomic E-state index is 12.6. The summed E-state index contributed by atoms with van der Waals surface area (Å²) in [6.07, 6.45) is 6.04. The number of benzene rings is 1. The minimum absolute atomic E-state index is 0.0405. The van der Waals surface area contributed by atoms with E-state index < -0.39 is 5.97 Å². The quantitative estimate of drug-likeness (QED) is 0.489. The summed E-state index contributed by atoms with van der Waals surface area (Å²) in [6.45, 7) is 4.78. The minimum atomic E-state index is -0.709. The van der Waals surface area contributed by atoms with E-state index in [0.29, 0.717) is 24.5 Å². The lowest BCUT2D eigenvalue weighted by Crippen LogP contribution is -2.42. The Balaban J connectivity index is 1.60. The molecule has 10 heteroatoms. The summed E-state index contributed by atoms with van der Waals surface area (Å²) < 4.78 is 9.23. The molecule has 3 aromatic rings. The number of imidazole rings is 1. The van der Waals surface area contributed by atoms with Gasteiger partial charge in [-0.15, -0.1) is 0 Å². The first-order valence-electron chi connectivity index (χ1n) is 12.6. The van der Waals surface area contributed by atoms with Crippen molar-refractivity contribution in [3.8, 4) is 0 Å². The molecule has 1 amide bonds. The second-order valence-electron chi connectivity index (χ2n) is 10.1. The van der Waals surface area contributed by atoms with Crippen LogP contribution < -0.4 is 4.90 Å². The Morgan fingerprint density at radius 3 is 2.58 bits per heavy atom. The molecular weight excluding hydrogens is 482 g/mol. The van der Waals surface area contributed by atoms with Crippen molar-refractivity contribution in [1.82, 2.24) is 19.3 Å². The van der Waals surface area contributed by atoms with Gasteiger partial charge in [0.25, 0.3) is 0 Å². The van der Waals surface area contributed by atoms with Crippen LogP contribution in [0.15, 0.2) is 24.4 Å². The van der Waals surface area contributed by atoms with Crippen molar-refractivity contribution in [3.05, 3.63) is 40.9 Å². The van der Waals surface area contributed by atoms with Crippen molar-refractivity contribution in [2.75, 3.05) is 12.0 Å². The van der Waals surface area contributed by atoms with Gasteiger partial charge in [-0.2, -0.15) is 5.10 Å². The van der Waals surface area contributed by atoms with E-state index in [1.54, 1.807) is 11.0 Å². The van der Waals surface area contributed by atoms with E-state index in [-0.39, 0.29) is 30.0 Å². The lowest BCUT2D eigenvalue weighted by molar-refractivity contribution is -0.143. The zero-order chi connectivity index (χ0) is 25.6. The van der Waals surface area contributed by atoms with E-state index in [1.807, 2.05) is 23.9 Å². The fourth-order valence-electron chi connectivity index (χ4n) is 5.91. The molecule has 1 aliphatic heterocycles. The van der Waals surface area contributed by atoms with Crippen LogP contribution in [-0.4, -0.2) is 49.7 Å². The van der Waals surface area contributed by atoms with Crippen LogP contribution in [0.4, 0.5) is 10.5 Å². The molecule has 2 aliphatic rings. The van der Waals surface area contributed by atoms with Crippen molar-refractivity contribution < 1.29 is 19.4 Å². The molecule has 1 aliphatic carbocycles. The number of amides is 1. The fourth-order valence-corrected chi connectivity index (χ4v) is 6.06. The first kappa shape index (κ1) is 24.6. The van der Waals surface area contributed by atoms with E-state index in [9.17, 15) is 14.7 Å². The summed E-state index contributed by atoms with van der Waals surface area (Å²) in [5.41, 5.74) is 3.86. The molecule has 0 saturated heterocycles. The molecular formula is C26H32ClN5O4. The summed E-state index contributed by atoms with van der Waals surface area (Å²) in [4.78, 5) is 31.1. The number of hydrogen-bond donors (Lipinski definition) is 1. The van der Waals surface area contributed by atoms with Crippen molar-refractivity contribution in [3.63, 3.8) is 0 Å². The normalized spacial score (nSPS) is 22.9. The third-order valence-corrected chi connectivity index (χ3v) is 7.98. The Morgan fingerprint density at radius 2 is 1.94 bits per heavy atom. The Morgan fingerprint density at radius 1 is 1.19 bits per heavy atom. The molecule has 5 rings (SSSR count). The van der Waals surface area contributed by atoms with Gasteiger partial charge in [-0.3, -0.25) is 14.4 Å². The van der Waals surface area contributed by atoms with E-state index >= 15 is 0 Å². The standard InChI is InChI=1S/C26H32ClN5O4/c1-15(14-30-13-12-22(27)29-30)24-28-23-19-9-4-16(2)31(26(35)36-3)20(19)10-11-21(23)32(24)18-7-5-17(6-8-18)25(33)34/h10-13,15-18H,4-9,14H2,1-3H3,(H,33,34)/t15-,16+,17?,18?/m1/s1. The molecule has 36 heavy (non-hydrogen) atoms. The maximum Gasteiger partial charge on any atom is 0.414 e. The van der Waals surface area contributed by atoms with Crippen LogP contribution in [0, 0.1) is 5.92 Å². The second-order valence-corrected chi connectivity index (χ2v) is 10.5. The number of carboxylic acids is 1. The van der Waals surface area contributed by atoms with Crippen LogP contribution in [0.2, 0.25) is 5.15 Å². The van der Waals surface area contributed by atoms with Crippen LogP contribution >= 0.6 is 11.6 Å². The molecule has 1 N–H and O–H groups in total. The molecule has 1 aromatic carbocycles. The Kier molecular flexibility index (Phi) is 6.68. The van der Waals surface area contributed by atoms with Crippen LogP contribution in [0.3, 0.4) is 0 Å². The molecule has 2 atom stereocenters. The topological polar surface area (TPSA) is 102 Å². The number of halogens is 1. The predicted octanol–water partition coefficient (Wildman–Crippen LogP) is 5.41. The third-order valence-electron chi connectivity index (χ3n) is 7.77. The molecule has 2 aromatic heterocycles. The summed E-state index contributed by atoms with van der Waals surface area (Å²) in [5, 5.41) is 14.3. The van der Waals surface area contributed by atoms with Crippen LogP contribution in [0.25, 0.3) is 11.0 Å². The molecule has 192 valence electrons. The fraction of sp³-hybridized carbons (Fsp3) is 0.538. The van der Waals surface area contributed by atoms with Crippen LogP contribution in [-0.2, 0) is 22.5 Å². The zero-order valence-corrected chi connectivity index (χ0v) is 21.6. The van der Waals surface area contributed by atoms with Crippen molar-refractivity contribution >= 4 is 40.4 Å². The molecule has 0 unspecified atom stereocenters. The predicted molar refractivity (Wildman–Crippen MR) is 137 cm³/mol. The third kappa shape index (κ3) is 4.34. The maximum absolute atomic E-state index is 12.6. The highest BCUT2D eigenvalue weighted by Crippen LogP contribution is 2.41. The van der Waals surface area contributed by atoms with Gasteiger partial charge >= 0.3 is 12.1 Å². The number of carbonyl (C=O) groups excluding carboxylic acids is 1. The number of hydrogen-bond acceptors (Lipinski definition) is 5. The SMILES string of the molecule is COC(=O)N1c2ccc3c(nc([C@H](C)Cn4ccc(Cl)n4)n3C3CCC(C(=O)O)CC3)c2CC[C@@H]1C. The van der Waals surface area contributed by atoms with Crippen molar-refractivity contribution in [2.45, 2.75) is 76.9 Å². The van der Waals surface area contributed by atoms with Gasteiger partial charge in [-0.25, -0.2) is 9.78 Å². The Labute approximate surface area is 215 Å². The first-order valence-corrected chi connectivity index (χ1v) is 13.0. The summed E-state index contributed by atoms with van der Waals surface area (Å²) >= 11 is 6.05. The number of rotatable bonds is 5. The van der Waals surface area contributed by atoms with Gasteiger partial charge in [0.1, 0.15) is 5.82 Å². The molecule has 3 heterocycles. The molecule has 0 radical (unpaired) electrons. The average molecular weight is 514 g/mol. The van der Waals surface area contributed by atoms with Gasteiger partial charge in [-0.1, -0.05) is 18.5 Å². The van der Waals surface area contributed by atoms with Crippen molar-refractivity contribution in [1.29, 1.82) is 0 Å². The lowest BCUT2D eigenvalue weighted by atomic mass is 9.85. The highest BCUT2D eigenvalue weighted by molar-refractivity contribution is 6.29. The number of aromatic nitrogens is 4. The van der Waals surface area contributed by atoms with E-state index in [1.165, 1.54) is 7.11 Å². The van der Waals surface area contributed by atoms with Gasteiger partial charge in [-0.05, 0) is 63.6 Å². The molecule has 1 saturated carbocycles. The summed E-state index contributed by atoms with van der Waals surface area (Å²) in [7, 11) is 1.41. The summed E-state index contributed by atoms with van der Waals surface area (Å²) in [6, 6.07) is 6.04. The minimum Gasteiger partial charge on any atom is -0.481 e. The van der Waals surface area contributed by atoms with Crippen LogP contribution in [0.5, 0.6) is 0 Å². The number of fused-ring (bicyclic) bond motifs is 3. The van der Waals surface area contributed by atoms with Gasteiger partial charge in [0.15, 0.2) is 5.15 Å². The number of anilines is 1. The summed E-state index contributed by atoms with van der Waals surface area (Å²) in [5.74, 6) is -0.00218. The van der Waals surface area contributed by atoms with Gasteiger partial charge < -0.3 is 14.4 Å². The number of aliphatic carboxylic acids is 1. The number of nitrogens with zero attached hydrogens (tertiary/aromatic N) is 5. The zero-order valence-electron chi connectivity index (χ0n) is 20.9. The highest BCUT2D eigenvalue weighted by Gasteiger charge is 2.34. The largest absolute Gasteiger partial charge is 0.481 e. The Bertz CT molecular complexity index is 1290.